The summed E-state index contributed by atoms with van der Waals surface area (Å²) in [4.78, 5) is 38.5. The second-order valence-corrected chi connectivity index (χ2v) is 25.6. The van der Waals surface area contributed by atoms with E-state index in [9.17, 15) is 14.4 Å². The molecule has 0 fully saturated rings. The summed E-state index contributed by atoms with van der Waals surface area (Å²) in [6.07, 6.45) is 88.1. The van der Waals surface area contributed by atoms with Crippen LogP contribution in [0.5, 0.6) is 0 Å². The molecule has 0 radical (unpaired) electrons. The zero-order chi connectivity index (χ0) is 59.2. The predicted molar refractivity (Wildman–Crippen MR) is 358 cm³/mol. The standard InChI is InChI=1S/C76H144O6/c1-4-7-10-13-16-19-22-25-27-29-31-33-35-37-38-39-41-42-44-46-48-51-54-57-60-63-66-69-75(78)81-72-73(71-80-74(77)68-65-62-59-56-53-50-24-21-18-15-12-9-6-3)82-76(79)70-67-64-61-58-55-52-49-47-45-43-40-36-34-32-30-28-26-23-20-17-14-11-8-5-2/h12,15,21,24,73H,4-11,13-14,16-20,22-23,25-72H2,1-3H3/b15-12-,24-21-. The Morgan fingerprint density at radius 2 is 0.463 bits per heavy atom. The molecule has 0 N–H and O–H groups in total. The average Bonchev–Trinajstić information content (AvgIpc) is 3.47. The number of hydrogen-bond acceptors (Lipinski definition) is 6. The summed E-state index contributed by atoms with van der Waals surface area (Å²) < 4.78 is 17.0. The second kappa shape index (κ2) is 71.4. The molecule has 0 aromatic heterocycles. The van der Waals surface area contributed by atoms with Crippen molar-refractivity contribution in [3.63, 3.8) is 0 Å². The number of carbonyl (C=O) groups is 3. The van der Waals surface area contributed by atoms with Gasteiger partial charge in [-0.2, -0.15) is 0 Å². The van der Waals surface area contributed by atoms with Gasteiger partial charge in [0.2, 0.25) is 0 Å². The molecule has 6 nitrogen and oxygen atoms in total. The molecule has 6 heteroatoms. The first-order chi connectivity index (χ1) is 40.5. The molecule has 0 aliphatic rings. The lowest BCUT2D eigenvalue weighted by atomic mass is 10.0. The lowest BCUT2D eigenvalue weighted by Gasteiger charge is -2.18. The van der Waals surface area contributed by atoms with E-state index in [4.69, 9.17) is 14.2 Å². The maximum atomic E-state index is 13.0. The van der Waals surface area contributed by atoms with Crippen LogP contribution < -0.4 is 0 Å². The highest BCUT2D eigenvalue weighted by Gasteiger charge is 2.20. The number of hydrogen-bond donors (Lipinski definition) is 0. The fraction of sp³-hybridized carbons (Fsp3) is 0.908. The lowest BCUT2D eigenvalue weighted by molar-refractivity contribution is -0.167. The van der Waals surface area contributed by atoms with Gasteiger partial charge >= 0.3 is 17.9 Å². The molecule has 0 saturated carbocycles. The zero-order valence-corrected chi connectivity index (χ0v) is 55.8. The summed E-state index contributed by atoms with van der Waals surface area (Å²) in [5.74, 6) is -0.849. The van der Waals surface area contributed by atoms with Crippen molar-refractivity contribution in [2.45, 2.75) is 431 Å². The smallest absolute Gasteiger partial charge is 0.306 e. The quantitative estimate of drug-likeness (QED) is 0.0261. The van der Waals surface area contributed by atoms with Crippen LogP contribution in [0.4, 0.5) is 0 Å². The monoisotopic (exact) mass is 1150 g/mol. The van der Waals surface area contributed by atoms with Crippen LogP contribution in [0.15, 0.2) is 24.3 Å². The van der Waals surface area contributed by atoms with E-state index in [0.717, 1.165) is 83.5 Å². The van der Waals surface area contributed by atoms with Gasteiger partial charge in [0, 0.05) is 19.3 Å². The van der Waals surface area contributed by atoms with Crippen molar-refractivity contribution in [2.24, 2.45) is 0 Å². The Hall–Kier alpha value is -2.11. The highest BCUT2D eigenvalue weighted by atomic mass is 16.6. The molecule has 0 spiro atoms. The molecule has 0 aromatic rings. The first-order valence-electron chi connectivity index (χ1n) is 37.3. The minimum Gasteiger partial charge on any atom is -0.462 e. The minimum absolute atomic E-state index is 0.0692. The molecule has 82 heavy (non-hydrogen) atoms. The summed E-state index contributed by atoms with van der Waals surface area (Å²) in [7, 11) is 0. The number of ether oxygens (including phenoxy) is 3. The maximum absolute atomic E-state index is 13.0. The number of allylic oxidation sites excluding steroid dienone is 4. The van der Waals surface area contributed by atoms with Crippen molar-refractivity contribution in [2.75, 3.05) is 13.2 Å². The molecule has 0 aliphatic carbocycles. The minimum atomic E-state index is -0.774. The van der Waals surface area contributed by atoms with Crippen molar-refractivity contribution in [3.8, 4) is 0 Å². The summed E-state index contributed by atoms with van der Waals surface area (Å²) in [5.41, 5.74) is 0. The van der Waals surface area contributed by atoms with Gasteiger partial charge in [0.15, 0.2) is 6.10 Å². The van der Waals surface area contributed by atoms with Crippen molar-refractivity contribution < 1.29 is 28.6 Å². The highest BCUT2D eigenvalue weighted by molar-refractivity contribution is 5.71. The van der Waals surface area contributed by atoms with Crippen molar-refractivity contribution in [3.05, 3.63) is 24.3 Å². The summed E-state index contributed by atoms with van der Waals surface area (Å²) in [6.45, 7) is 6.66. The normalized spacial score (nSPS) is 12.1. The lowest BCUT2D eigenvalue weighted by Crippen LogP contribution is -2.30. The Balaban J connectivity index is 4.17. The number of unbranched alkanes of at least 4 members (excludes halogenated alkanes) is 55. The van der Waals surface area contributed by atoms with Crippen molar-refractivity contribution in [1.82, 2.24) is 0 Å². The van der Waals surface area contributed by atoms with Gasteiger partial charge in [0.05, 0.1) is 0 Å². The molecule has 0 rings (SSSR count). The van der Waals surface area contributed by atoms with Gasteiger partial charge in [-0.05, 0) is 44.9 Å². The molecule has 0 saturated heterocycles. The van der Waals surface area contributed by atoms with Crippen LogP contribution in [0.1, 0.15) is 425 Å². The van der Waals surface area contributed by atoms with Gasteiger partial charge in [-0.3, -0.25) is 14.4 Å². The number of esters is 3. The Morgan fingerprint density at radius 3 is 0.720 bits per heavy atom. The van der Waals surface area contributed by atoms with Crippen LogP contribution >= 0.6 is 0 Å². The Labute approximate surface area is 513 Å². The van der Waals surface area contributed by atoms with E-state index in [2.05, 4.69) is 45.1 Å². The molecular weight excluding hydrogens is 1010 g/mol. The van der Waals surface area contributed by atoms with Crippen LogP contribution in [0, 0.1) is 0 Å². The molecule has 0 heterocycles. The third-order valence-corrected chi connectivity index (χ3v) is 17.2. The molecule has 0 bridgehead atoms. The fourth-order valence-corrected chi connectivity index (χ4v) is 11.6. The molecule has 1 unspecified atom stereocenters. The van der Waals surface area contributed by atoms with E-state index in [1.807, 2.05) is 0 Å². The fourth-order valence-electron chi connectivity index (χ4n) is 11.6. The van der Waals surface area contributed by atoms with Crippen LogP contribution in [0.3, 0.4) is 0 Å². The molecule has 0 amide bonds. The second-order valence-electron chi connectivity index (χ2n) is 25.6. The Morgan fingerprint density at radius 1 is 0.244 bits per heavy atom. The molecule has 484 valence electrons. The van der Waals surface area contributed by atoms with E-state index in [1.54, 1.807) is 0 Å². The van der Waals surface area contributed by atoms with Gasteiger partial charge < -0.3 is 14.2 Å². The Bertz CT molecular complexity index is 1320. The topological polar surface area (TPSA) is 78.9 Å². The van der Waals surface area contributed by atoms with Crippen LogP contribution in [0.25, 0.3) is 0 Å². The van der Waals surface area contributed by atoms with E-state index in [1.165, 1.54) is 302 Å². The van der Waals surface area contributed by atoms with Gasteiger partial charge in [0.25, 0.3) is 0 Å². The average molecular weight is 1150 g/mol. The molecule has 1 atom stereocenters. The summed E-state index contributed by atoms with van der Waals surface area (Å²) in [5, 5.41) is 0. The Kier molecular flexibility index (Phi) is 69.5. The first-order valence-corrected chi connectivity index (χ1v) is 37.3. The maximum Gasteiger partial charge on any atom is 0.306 e. The predicted octanol–water partition coefficient (Wildman–Crippen LogP) is 25.7. The van der Waals surface area contributed by atoms with Crippen molar-refractivity contribution in [1.29, 1.82) is 0 Å². The van der Waals surface area contributed by atoms with Gasteiger partial charge in [0.1, 0.15) is 13.2 Å². The molecule has 0 aromatic carbocycles. The summed E-state index contributed by atoms with van der Waals surface area (Å²) >= 11 is 0. The van der Waals surface area contributed by atoms with E-state index in [-0.39, 0.29) is 31.1 Å². The molecule has 0 aliphatic heterocycles. The van der Waals surface area contributed by atoms with Crippen molar-refractivity contribution >= 4 is 17.9 Å². The third kappa shape index (κ3) is 68.7. The summed E-state index contributed by atoms with van der Waals surface area (Å²) in [6, 6.07) is 0. The van der Waals surface area contributed by atoms with E-state index < -0.39 is 6.10 Å². The largest absolute Gasteiger partial charge is 0.462 e. The number of rotatable bonds is 70. The van der Waals surface area contributed by atoms with Crippen LogP contribution in [-0.2, 0) is 28.6 Å². The van der Waals surface area contributed by atoms with Gasteiger partial charge in [-0.25, -0.2) is 0 Å². The first kappa shape index (κ1) is 79.9. The highest BCUT2D eigenvalue weighted by Crippen LogP contribution is 2.20. The number of carbonyl (C=O) groups excluding carboxylic acids is 3. The van der Waals surface area contributed by atoms with E-state index >= 15 is 0 Å². The molecular formula is C76H144O6. The SMILES string of the molecule is CCC/C=C\C/C=C\CCCCCCCC(=O)OCC(COC(=O)CCCCCCCCCCCCCCCCCCCCCCCCCCCCC)OC(=O)CCCCCCCCCCCCCCCCCCCCCCCCCC. The van der Waals surface area contributed by atoms with Crippen LogP contribution in [0.2, 0.25) is 0 Å². The van der Waals surface area contributed by atoms with E-state index in [0.29, 0.717) is 19.3 Å². The van der Waals surface area contributed by atoms with Crippen LogP contribution in [-0.4, -0.2) is 37.2 Å². The van der Waals surface area contributed by atoms with Gasteiger partial charge in [-0.15, -0.1) is 0 Å². The third-order valence-electron chi connectivity index (χ3n) is 17.2. The van der Waals surface area contributed by atoms with Gasteiger partial charge in [-0.1, -0.05) is 385 Å². The zero-order valence-electron chi connectivity index (χ0n) is 55.8.